The summed E-state index contributed by atoms with van der Waals surface area (Å²) in [5.74, 6) is 1.81. The topological polar surface area (TPSA) is 21.7 Å². The molecule has 1 fully saturated rings. The average molecular weight is 303 g/mol. The Labute approximate surface area is 130 Å². The van der Waals surface area contributed by atoms with Crippen molar-refractivity contribution in [1.82, 2.24) is 4.90 Å². The Morgan fingerprint density at radius 2 is 1.90 bits per heavy atom. The van der Waals surface area contributed by atoms with Gasteiger partial charge >= 0.3 is 0 Å². The lowest BCUT2D eigenvalue weighted by Crippen LogP contribution is -2.44. The first-order valence-electron chi connectivity index (χ1n) is 7.19. The highest BCUT2D eigenvalue weighted by Gasteiger charge is 2.30. The van der Waals surface area contributed by atoms with Crippen LogP contribution in [-0.4, -0.2) is 31.0 Å². The van der Waals surface area contributed by atoms with Gasteiger partial charge in [0, 0.05) is 24.1 Å². The zero-order valence-corrected chi connectivity index (χ0v) is 13.6. The zero-order valence-electron chi connectivity index (χ0n) is 12.8. The smallest absolute Gasteiger partial charge is 0.119 e. The van der Waals surface area contributed by atoms with Crippen LogP contribution in [0.15, 0.2) is 36.4 Å². The van der Waals surface area contributed by atoms with Gasteiger partial charge in [0.15, 0.2) is 0 Å². The Morgan fingerprint density at radius 1 is 1.14 bits per heavy atom. The summed E-state index contributed by atoms with van der Waals surface area (Å²) in [5.41, 5.74) is 1.34. The van der Waals surface area contributed by atoms with Gasteiger partial charge < -0.3 is 8.92 Å². The Morgan fingerprint density at radius 3 is 2.62 bits per heavy atom. The van der Waals surface area contributed by atoms with Gasteiger partial charge in [-0.1, -0.05) is 18.2 Å². The SMILES string of the molecule is COc1ccc2cc(C(C)(C)N3CCOSC3)ccc2c1. The third kappa shape index (κ3) is 2.89. The molecular weight excluding hydrogens is 282 g/mol. The van der Waals surface area contributed by atoms with Crippen LogP contribution in [0, 0.1) is 0 Å². The van der Waals surface area contributed by atoms with Gasteiger partial charge in [0.25, 0.3) is 0 Å². The number of methoxy groups -OCH3 is 1. The lowest BCUT2D eigenvalue weighted by Gasteiger charge is -2.40. The highest BCUT2D eigenvalue weighted by atomic mass is 32.2. The van der Waals surface area contributed by atoms with E-state index in [1.807, 2.05) is 6.07 Å². The van der Waals surface area contributed by atoms with Gasteiger partial charge in [-0.15, -0.1) is 0 Å². The van der Waals surface area contributed by atoms with E-state index in [2.05, 4.69) is 49.1 Å². The second kappa shape index (κ2) is 5.87. The maximum atomic E-state index is 5.39. The number of hydrogen-bond donors (Lipinski definition) is 0. The summed E-state index contributed by atoms with van der Waals surface area (Å²) in [6.07, 6.45) is 0. The predicted molar refractivity (Wildman–Crippen MR) is 88.6 cm³/mol. The monoisotopic (exact) mass is 303 g/mol. The second-order valence-corrected chi connectivity index (χ2v) is 6.55. The highest BCUT2D eigenvalue weighted by molar-refractivity contribution is 7.94. The second-order valence-electron chi connectivity index (χ2n) is 5.82. The van der Waals surface area contributed by atoms with Gasteiger partial charge in [-0.25, -0.2) is 0 Å². The molecule has 0 aromatic heterocycles. The number of benzene rings is 2. The summed E-state index contributed by atoms with van der Waals surface area (Å²) in [6, 6.07) is 12.9. The Kier molecular flexibility index (Phi) is 4.11. The van der Waals surface area contributed by atoms with Gasteiger partial charge in [-0.2, -0.15) is 0 Å². The fraction of sp³-hybridized carbons (Fsp3) is 0.412. The van der Waals surface area contributed by atoms with Crippen molar-refractivity contribution in [1.29, 1.82) is 0 Å². The van der Waals surface area contributed by atoms with Crippen LogP contribution in [0.2, 0.25) is 0 Å². The molecule has 21 heavy (non-hydrogen) atoms. The van der Waals surface area contributed by atoms with Crippen molar-refractivity contribution in [2.45, 2.75) is 19.4 Å². The van der Waals surface area contributed by atoms with E-state index in [-0.39, 0.29) is 5.54 Å². The van der Waals surface area contributed by atoms with Crippen molar-refractivity contribution in [2.75, 3.05) is 26.1 Å². The van der Waals surface area contributed by atoms with Crippen molar-refractivity contribution < 1.29 is 8.92 Å². The minimum atomic E-state index is 0.00486. The quantitative estimate of drug-likeness (QED) is 0.798. The van der Waals surface area contributed by atoms with Gasteiger partial charge in [0.2, 0.25) is 0 Å². The molecule has 0 N–H and O–H groups in total. The largest absolute Gasteiger partial charge is 0.497 e. The van der Waals surface area contributed by atoms with Crippen molar-refractivity contribution >= 4 is 22.8 Å². The number of fused-ring (bicyclic) bond motifs is 1. The molecule has 0 aliphatic carbocycles. The first kappa shape index (κ1) is 14.7. The molecule has 1 saturated heterocycles. The first-order chi connectivity index (χ1) is 10.1. The molecule has 0 spiro atoms. The number of nitrogens with zero attached hydrogens (tertiary/aromatic N) is 1. The average Bonchev–Trinajstić information content (AvgIpc) is 2.54. The lowest BCUT2D eigenvalue weighted by molar-refractivity contribution is 0.108. The zero-order chi connectivity index (χ0) is 14.9. The molecular formula is C17H21NO2S. The molecule has 4 heteroatoms. The summed E-state index contributed by atoms with van der Waals surface area (Å²) >= 11 is 1.54. The van der Waals surface area contributed by atoms with Crippen LogP contribution in [0.25, 0.3) is 10.8 Å². The molecule has 3 rings (SSSR count). The maximum absolute atomic E-state index is 5.39. The van der Waals surface area contributed by atoms with E-state index in [9.17, 15) is 0 Å². The molecule has 1 aliphatic rings. The van der Waals surface area contributed by atoms with Gasteiger partial charge in [0.05, 0.1) is 19.6 Å². The van der Waals surface area contributed by atoms with Gasteiger partial charge in [0.1, 0.15) is 5.75 Å². The Balaban J connectivity index is 1.95. The molecule has 3 nitrogen and oxygen atoms in total. The summed E-state index contributed by atoms with van der Waals surface area (Å²) in [5, 5.41) is 2.47. The molecule has 2 aromatic rings. The van der Waals surface area contributed by atoms with Crippen molar-refractivity contribution in [3.05, 3.63) is 42.0 Å². The van der Waals surface area contributed by atoms with Gasteiger partial charge in [-0.05, 0) is 48.4 Å². The summed E-state index contributed by atoms with van der Waals surface area (Å²) < 4.78 is 10.7. The van der Waals surface area contributed by atoms with E-state index < -0.39 is 0 Å². The van der Waals surface area contributed by atoms with Gasteiger partial charge in [-0.3, -0.25) is 4.90 Å². The molecule has 0 unspecified atom stereocenters. The molecule has 2 aromatic carbocycles. The minimum Gasteiger partial charge on any atom is -0.497 e. The van der Waals surface area contributed by atoms with E-state index in [4.69, 9.17) is 8.92 Å². The molecule has 0 bridgehead atoms. The highest BCUT2D eigenvalue weighted by Crippen LogP contribution is 2.33. The third-order valence-electron chi connectivity index (χ3n) is 4.28. The van der Waals surface area contributed by atoms with Crippen LogP contribution in [-0.2, 0) is 9.72 Å². The first-order valence-corrected chi connectivity index (χ1v) is 8.10. The number of rotatable bonds is 3. The molecule has 1 heterocycles. The number of hydrogen-bond acceptors (Lipinski definition) is 4. The molecule has 1 aliphatic heterocycles. The molecule has 0 atom stereocenters. The maximum Gasteiger partial charge on any atom is 0.119 e. The van der Waals surface area contributed by atoms with E-state index in [0.29, 0.717) is 0 Å². The standard InChI is InChI=1S/C17H21NO2S/c1-17(2,18-8-9-20-21-12-18)15-6-4-14-11-16(19-3)7-5-13(14)10-15/h4-7,10-11H,8-9,12H2,1-3H3. The predicted octanol–water partition coefficient (Wildman–Crippen LogP) is 4.02. The third-order valence-corrected chi connectivity index (χ3v) is 5.03. The molecule has 0 radical (unpaired) electrons. The van der Waals surface area contributed by atoms with E-state index in [0.717, 1.165) is 24.8 Å². The van der Waals surface area contributed by atoms with Crippen molar-refractivity contribution in [2.24, 2.45) is 0 Å². The van der Waals surface area contributed by atoms with Crippen LogP contribution in [0.4, 0.5) is 0 Å². The van der Waals surface area contributed by atoms with Crippen molar-refractivity contribution in [3.8, 4) is 5.75 Å². The summed E-state index contributed by atoms with van der Waals surface area (Å²) in [7, 11) is 1.70. The van der Waals surface area contributed by atoms with Crippen LogP contribution in [0.3, 0.4) is 0 Å². The number of ether oxygens (including phenoxy) is 1. The fourth-order valence-electron chi connectivity index (χ4n) is 2.73. The summed E-state index contributed by atoms with van der Waals surface area (Å²) in [4.78, 5) is 2.46. The van der Waals surface area contributed by atoms with Crippen LogP contribution in [0.1, 0.15) is 19.4 Å². The van der Waals surface area contributed by atoms with Crippen LogP contribution >= 0.6 is 12.0 Å². The molecule has 0 saturated carbocycles. The fourth-order valence-corrected chi connectivity index (χ4v) is 3.57. The lowest BCUT2D eigenvalue weighted by atomic mass is 9.90. The van der Waals surface area contributed by atoms with E-state index >= 15 is 0 Å². The Hall–Kier alpha value is -1.23. The minimum absolute atomic E-state index is 0.00486. The normalized spacial score (nSPS) is 17.1. The van der Waals surface area contributed by atoms with Crippen LogP contribution in [0.5, 0.6) is 5.75 Å². The molecule has 0 amide bonds. The van der Waals surface area contributed by atoms with E-state index in [1.54, 1.807) is 19.2 Å². The molecule has 112 valence electrons. The summed E-state index contributed by atoms with van der Waals surface area (Å²) in [6.45, 7) is 6.33. The van der Waals surface area contributed by atoms with Crippen molar-refractivity contribution in [3.63, 3.8) is 0 Å². The van der Waals surface area contributed by atoms with E-state index in [1.165, 1.54) is 16.3 Å². The van der Waals surface area contributed by atoms with Crippen LogP contribution < -0.4 is 4.74 Å². The Bertz CT molecular complexity index is 636.